The van der Waals surface area contributed by atoms with Gasteiger partial charge in [0, 0.05) is 12.3 Å². The van der Waals surface area contributed by atoms with Gasteiger partial charge in [0.05, 0.1) is 11.1 Å². The summed E-state index contributed by atoms with van der Waals surface area (Å²) in [6.07, 6.45) is 1.22. The van der Waals surface area contributed by atoms with Gasteiger partial charge in [-0.3, -0.25) is 4.99 Å². The SMILES string of the molecule is O=c1oc2ccccc2c(O)c1C=Nc1cccc(O)c1. The summed E-state index contributed by atoms with van der Waals surface area (Å²) < 4.78 is 5.13. The van der Waals surface area contributed by atoms with Crippen molar-refractivity contribution in [3.8, 4) is 11.5 Å². The first kappa shape index (κ1) is 12.9. The second kappa shape index (κ2) is 5.13. The topological polar surface area (TPSA) is 83.0 Å². The lowest BCUT2D eigenvalue weighted by Crippen LogP contribution is -2.06. The molecule has 0 aliphatic rings. The molecule has 0 atom stereocenters. The minimum Gasteiger partial charge on any atom is -0.508 e. The Hall–Kier alpha value is -3.08. The standard InChI is InChI=1S/C16H11NO4/c18-11-5-3-4-10(8-11)17-9-13-15(19)12-6-1-2-7-14(12)21-16(13)20/h1-9,18-19H. The van der Waals surface area contributed by atoms with E-state index in [1.807, 2.05) is 0 Å². The number of nitrogens with zero attached hydrogens (tertiary/aromatic N) is 1. The highest BCUT2D eigenvalue weighted by Crippen LogP contribution is 2.25. The molecular formula is C16H11NO4. The summed E-state index contributed by atoms with van der Waals surface area (Å²) in [7, 11) is 0. The third-order valence-corrected chi connectivity index (χ3v) is 2.99. The van der Waals surface area contributed by atoms with Crippen LogP contribution in [0.2, 0.25) is 0 Å². The van der Waals surface area contributed by atoms with Crippen LogP contribution in [0.25, 0.3) is 11.0 Å². The maximum atomic E-state index is 11.9. The first-order valence-electron chi connectivity index (χ1n) is 6.23. The average molecular weight is 281 g/mol. The van der Waals surface area contributed by atoms with Gasteiger partial charge in [-0.2, -0.15) is 0 Å². The third kappa shape index (κ3) is 2.49. The summed E-state index contributed by atoms with van der Waals surface area (Å²) in [6.45, 7) is 0. The molecule has 5 nitrogen and oxygen atoms in total. The smallest absolute Gasteiger partial charge is 0.348 e. The summed E-state index contributed by atoms with van der Waals surface area (Å²) in [5.41, 5.74) is 0.0728. The van der Waals surface area contributed by atoms with E-state index in [4.69, 9.17) is 4.42 Å². The number of phenolic OH excluding ortho intramolecular Hbond substituents is 1. The molecule has 1 aromatic heterocycles. The fourth-order valence-corrected chi connectivity index (χ4v) is 1.97. The van der Waals surface area contributed by atoms with Crippen molar-refractivity contribution >= 4 is 22.9 Å². The van der Waals surface area contributed by atoms with E-state index >= 15 is 0 Å². The first-order valence-corrected chi connectivity index (χ1v) is 6.23. The van der Waals surface area contributed by atoms with E-state index in [1.54, 1.807) is 36.4 Å². The van der Waals surface area contributed by atoms with Gasteiger partial charge in [0.2, 0.25) is 0 Å². The molecule has 3 aromatic rings. The van der Waals surface area contributed by atoms with Gasteiger partial charge in [0.25, 0.3) is 0 Å². The average Bonchev–Trinajstić information content (AvgIpc) is 2.47. The van der Waals surface area contributed by atoms with Crippen LogP contribution in [0.1, 0.15) is 5.56 Å². The fraction of sp³-hybridized carbons (Fsp3) is 0. The lowest BCUT2D eigenvalue weighted by atomic mass is 10.1. The molecular weight excluding hydrogens is 270 g/mol. The number of hydrogen-bond donors (Lipinski definition) is 2. The Morgan fingerprint density at radius 3 is 2.67 bits per heavy atom. The summed E-state index contributed by atoms with van der Waals surface area (Å²) >= 11 is 0. The lowest BCUT2D eigenvalue weighted by Gasteiger charge is -2.02. The zero-order chi connectivity index (χ0) is 14.8. The van der Waals surface area contributed by atoms with Crippen LogP contribution >= 0.6 is 0 Å². The molecule has 0 radical (unpaired) electrons. The lowest BCUT2D eigenvalue weighted by molar-refractivity contribution is 0.466. The molecule has 0 bridgehead atoms. The van der Waals surface area contributed by atoms with Crippen LogP contribution < -0.4 is 5.63 Å². The Bertz CT molecular complexity index is 896. The predicted molar refractivity (Wildman–Crippen MR) is 79.5 cm³/mol. The van der Waals surface area contributed by atoms with Crippen LogP contribution in [0, 0.1) is 0 Å². The number of para-hydroxylation sites is 1. The molecule has 1 heterocycles. The van der Waals surface area contributed by atoms with Crippen LogP contribution in [0.5, 0.6) is 11.5 Å². The second-order valence-corrected chi connectivity index (χ2v) is 4.43. The molecule has 21 heavy (non-hydrogen) atoms. The zero-order valence-corrected chi connectivity index (χ0v) is 10.9. The van der Waals surface area contributed by atoms with E-state index in [2.05, 4.69) is 4.99 Å². The summed E-state index contributed by atoms with van der Waals surface area (Å²) in [5.74, 6) is -0.106. The molecule has 0 aliphatic heterocycles. The van der Waals surface area contributed by atoms with Crippen LogP contribution in [0.4, 0.5) is 5.69 Å². The van der Waals surface area contributed by atoms with E-state index in [-0.39, 0.29) is 17.1 Å². The minimum atomic E-state index is -0.671. The number of rotatable bonds is 2. The quantitative estimate of drug-likeness (QED) is 0.559. The molecule has 5 heteroatoms. The fourth-order valence-electron chi connectivity index (χ4n) is 1.97. The number of aliphatic imine (C=N–C) groups is 1. The van der Waals surface area contributed by atoms with Crippen molar-refractivity contribution in [2.45, 2.75) is 0 Å². The van der Waals surface area contributed by atoms with Gasteiger partial charge in [0.1, 0.15) is 22.6 Å². The van der Waals surface area contributed by atoms with Gasteiger partial charge in [-0.25, -0.2) is 4.79 Å². The van der Waals surface area contributed by atoms with Gasteiger partial charge in [-0.05, 0) is 24.3 Å². The highest BCUT2D eigenvalue weighted by molar-refractivity contribution is 5.94. The highest BCUT2D eigenvalue weighted by Gasteiger charge is 2.11. The first-order chi connectivity index (χ1) is 10.1. The molecule has 0 unspecified atom stereocenters. The van der Waals surface area contributed by atoms with E-state index < -0.39 is 5.63 Å². The van der Waals surface area contributed by atoms with Crippen LogP contribution in [-0.4, -0.2) is 16.4 Å². The van der Waals surface area contributed by atoms with Gasteiger partial charge >= 0.3 is 5.63 Å². The van der Waals surface area contributed by atoms with Gasteiger partial charge in [0.15, 0.2) is 0 Å². The Balaban J connectivity index is 2.10. The van der Waals surface area contributed by atoms with E-state index in [9.17, 15) is 15.0 Å². The van der Waals surface area contributed by atoms with Crippen molar-refractivity contribution in [2.24, 2.45) is 4.99 Å². The zero-order valence-electron chi connectivity index (χ0n) is 10.9. The number of hydrogen-bond acceptors (Lipinski definition) is 5. The minimum absolute atomic E-state index is 0.0305. The Morgan fingerprint density at radius 2 is 1.86 bits per heavy atom. The molecule has 0 spiro atoms. The Morgan fingerprint density at radius 1 is 1.05 bits per heavy atom. The van der Waals surface area contributed by atoms with Crippen molar-refractivity contribution in [1.82, 2.24) is 0 Å². The molecule has 2 N–H and O–H groups in total. The summed E-state index contributed by atoms with van der Waals surface area (Å²) in [6, 6.07) is 13.0. The molecule has 104 valence electrons. The van der Waals surface area contributed by atoms with Gasteiger partial charge in [-0.1, -0.05) is 18.2 Å². The van der Waals surface area contributed by atoms with E-state index in [0.29, 0.717) is 16.7 Å². The highest BCUT2D eigenvalue weighted by atomic mass is 16.4. The molecule has 0 saturated heterocycles. The number of benzene rings is 2. The maximum Gasteiger partial charge on any atom is 0.348 e. The molecule has 0 fully saturated rings. The molecule has 0 saturated carbocycles. The largest absolute Gasteiger partial charge is 0.508 e. The monoisotopic (exact) mass is 281 g/mol. The third-order valence-electron chi connectivity index (χ3n) is 2.99. The van der Waals surface area contributed by atoms with Crippen molar-refractivity contribution in [3.05, 3.63) is 64.5 Å². The maximum absolute atomic E-state index is 11.9. The van der Waals surface area contributed by atoms with Crippen LogP contribution in [0.15, 0.2) is 62.7 Å². The van der Waals surface area contributed by atoms with Gasteiger partial charge < -0.3 is 14.6 Å². The number of aromatic hydroxyl groups is 2. The van der Waals surface area contributed by atoms with E-state index in [0.717, 1.165) is 0 Å². The summed E-state index contributed by atoms with van der Waals surface area (Å²) in [5, 5.41) is 20.0. The predicted octanol–water partition coefficient (Wildman–Crippen LogP) is 2.95. The molecule has 3 rings (SSSR count). The normalized spacial score (nSPS) is 11.2. The van der Waals surface area contributed by atoms with Crippen molar-refractivity contribution in [2.75, 3.05) is 0 Å². The molecule has 0 aliphatic carbocycles. The number of phenols is 1. The van der Waals surface area contributed by atoms with Crippen LogP contribution in [-0.2, 0) is 0 Å². The summed E-state index contributed by atoms with van der Waals surface area (Å²) in [4.78, 5) is 15.9. The van der Waals surface area contributed by atoms with Crippen molar-refractivity contribution in [3.63, 3.8) is 0 Å². The second-order valence-electron chi connectivity index (χ2n) is 4.43. The van der Waals surface area contributed by atoms with Crippen molar-refractivity contribution in [1.29, 1.82) is 0 Å². The molecule has 2 aromatic carbocycles. The Labute approximate surface area is 119 Å². The Kier molecular flexibility index (Phi) is 3.16. The van der Waals surface area contributed by atoms with Gasteiger partial charge in [-0.15, -0.1) is 0 Å². The van der Waals surface area contributed by atoms with Crippen molar-refractivity contribution < 1.29 is 14.6 Å². The molecule has 0 amide bonds. The van der Waals surface area contributed by atoms with E-state index in [1.165, 1.54) is 18.3 Å². The number of fused-ring (bicyclic) bond motifs is 1. The van der Waals surface area contributed by atoms with Crippen LogP contribution in [0.3, 0.4) is 0 Å².